The van der Waals surface area contributed by atoms with Crippen molar-refractivity contribution in [3.8, 4) is 0 Å². The molecule has 5 nitrogen and oxygen atoms in total. The molecule has 0 aliphatic rings. The van der Waals surface area contributed by atoms with Gasteiger partial charge in [0.25, 0.3) is 0 Å². The number of hydrogen-bond acceptors (Lipinski definition) is 5. The summed E-state index contributed by atoms with van der Waals surface area (Å²) in [7, 11) is 0. The minimum absolute atomic E-state index is 0.208. The van der Waals surface area contributed by atoms with Crippen molar-refractivity contribution in [1.29, 1.82) is 0 Å². The Balaban J connectivity index is 5.08. The zero-order valence-corrected chi connectivity index (χ0v) is 31.7. The van der Waals surface area contributed by atoms with Gasteiger partial charge in [-0.05, 0) is 102 Å². The molecule has 0 heterocycles. The lowest BCUT2D eigenvalue weighted by Gasteiger charge is -2.27. The molecule has 0 saturated heterocycles. The van der Waals surface area contributed by atoms with Gasteiger partial charge in [-0.2, -0.15) is 0 Å². The molecule has 0 bridgehead atoms. The molecule has 0 aromatic heterocycles. The van der Waals surface area contributed by atoms with Gasteiger partial charge in [0.15, 0.2) is 12.6 Å². The van der Waals surface area contributed by atoms with Crippen molar-refractivity contribution in [3.63, 3.8) is 0 Å². The lowest BCUT2D eigenvalue weighted by Crippen LogP contribution is -2.28. The molecular weight excluding hydrogens is 560 g/mol. The summed E-state index contributed by atoms with van der Waals surface area (Å²) in [6, 6.07) is 0. The summed E-state index contributed by atoms with van der Waals surface area (Å²) in [5, 5.41) is 19.5. The van der Waals surface area contributed by atoms with Crippen LogP contribution in [0, 0.1) is 23.7 Å². The monoisotopic (exact) mass is 643 g/mol. The molecule has 272 valence electrons. The van der Waals surface area contributed by atoms with Crippen molar-refractivity contribution in [2.24, 2.45) is 23.7 Å². The molecule has 8 unspecified atom stereocenters. The van der Waals surface area contributed by atoms with E-state index in [2.05, 4.69) is 41.5 Å². The van der Waals surface area contributed by atoms with Crippen LogP contribution in [0.2, 0.25) is 0 Å². The van der Waals surface area contributed by atoms with Crippen LogP contribution in [-0.4, -0.2) is 48.2 Å². The van der Waals surface area contributed by atoms with Crippen LogP contribution in [0.1, 0.15) is 197 Å². The van der Waals surface area contributed by atoms with E-state index < -0.39 is 0 Å². The van der Waals surface area contributed by atoms with Gasteiger partial charge in [0.1, 0.15) is 0 Å². The molecule has 0 radical (unpaired) electrons. The molecule has 0 saturated carbocycles. The van der Waals surface area contributed by atoms with Crippen LogP contribution in [0.5, 0.6) is 0 Å². The summed E-state index contributed by atoms with van der Waals surface area (Å²) < 4.78 is 19.5. The third kappa shape index (κ3) is 30.9. The number of hydrogen-bond donors (Lipinski definition) is 2. The smallest absolute Gasteiger partial charge is 0.160 e. The first kappa shape index (κ1) is 44.8. The lowest BCUT2D eigenvalue weighted by molar-refractivity contribution is -0.250. The fourth-order valence-electron chi connectivity index (χ4n) is 6.98. The van der Waals surface area contributed by atoms with Gasteiger partial charge in [-0.3, -0.25) is 0 Å². The van der Waals surface area contributed by atoms with Gasteiger partial charge < -0.3 is 24.4 Å². The minimum Gasteiger partial charge on any atom is -0.393 e. The first-order chi connectivity index (χ1) is 21.6. The highest BCUT2D eigenvalue weighted by Crippen LogP contribution is 2.25. The zero-order valence-electron chi connectivity index (χ0n) is 31.7. The van der Waals surface area contributed by atoms with Gasteiger partial charge in [-0.1, -0.05) is 119 Å². The van der Waals surface area contributed by atoms with Crippen molar-refractivity contribution in [3.05, 3.63) is 0 Å². The van der Waals surface area contributed by atoms with Crippen molar-refractivity contribution in [2.45, 2.75) is 221 Å². The molecular formula is C40H82O5. The predicted octanol–water partition coefficient (Wildman–Crippen LogP) is 11.6. The Morgan fingerprint density at radius 2 is 0.756 bits per heavy atom. The maximum atomic E-state index is 9.76. The summed E-state index contributed by atoms with van der Waals surface area (Å²) in [4.78, 5) is 0. The van der Waals surface area contributed by atoms with Gasteiger partial charge in [0, 0.05) is 13.2 Å². The molecule has 0 spiro atoms. The molecule has 0 fully saturated rings. The van der Waals surface area contributed by atoms with E-state index in [1.54, 1.807) is 0 Å². The third-order valence-electron chi connectivity index (χ3n) is 9.28. The Hall–Kier alpha value is -0.200. The third-order valence-corrected chi connectivity index (χ3v) is 9.28. The Labute approximate surface area is 282 Å². The Bertz CT molecular complexity index is 547. The van der Waals surface area contributed by atoms with E-state index in [1.165, 1.54) is 64.2 Å². The van der Waals surface area contributed by atoms with Crippen LogP contribution in [-0.2, 0) is 14.2 Å². The number of aliphatic hydroxyl groups is 2. The predicted molar refractivity (Wildman–Crippen MR) is 194 cm³/mol. The largest absolute Gasteiger partial charge is 0.393 e. The van der Waals surface area contributed by atoms with Crippen LogP contribution >= 0.6 is 0 Å². The molecule has 2 N–H and O–H groups in total. The molecule has 8 atom stereocenters. The van der Waals surface area contributed by atoms with Crippen LogP contribution in [0.25, 0.3) is 0 Å². The maximum Gasteiger partial charge on any atom is 0.160 e. The summed E-state index contributed by atoms with van der Waals surface area (Å²) in [5.41, 5.74) is 0. The SMILES string of the molecule is CCCCCCCCOC(CCCC(C)CC(C)CC(C)O)OC(CCCC(C)CC(C)CC(C)O)OCCCCCCCC. The second-order valence-electron chi connectivity index (χ2n) is 15.2. The molecule has 0 amide bonds. The topological polar surface area (TPSA) is 68.2 Å². The van der Waals surface area contributed by atoms with Gasteiger partial charge >= 0.3 is 0 Å². The van der Waals surface area contributed by atoms with E-state index in [1.807, 2.05) is 13.8 Å². The quantitative estimate of drug-likeness (QED) is 0.0540. The van der Waals surface area contributed by atoms with E-state index in [0.29, 0.717) is 23.7 Å². The van der Waals surface area contributed by atoms with Crippen LogP contribution in [0.3, 0.4) is 0 Å². The highest BCUT2D eigenvalue weighted by molar-refractivity contribution is 4.65. The summed E-state index contributed by atoms with van der Waals surface area (Å²) in [5.74, 6) is 2.37. The van der Waals surface area contributed by atoms with Gasteiger partial charge in [0.2, 0.25) is 0 Å². The standard InChI is InChI=1S/C40H82O5/c1-9-11-13-15-17-19-27-43-39(25-21-23-33(3)29-35(5)31-37(7)41)45-40(44-28-20-18-16-14-12-10-2)26-22-24-34(4)30-36(6)32-38(8)42/h33-42H,9-32H2,1-8H3. The first-order valence-corrected chi connectivity index (χ1v) is 19.8. The van der Waals surface area contributed by atoms with E-state index in [4.69, 9.17) is 14.2 Å². The molecule has 0 rings (SSSR count). The molecule has 0 aromatic rings. The number of unbranched alkanes of at least 4 members (excludes halogenated alkanes) is 10. The fraction of sp³-hybridized carbons (Fsp3) is 1.00. The highest BCUT2D eigenvalue weighted by Gasteiger charge is 2.20. The Kier molecular flexibility index (Phi) is 31.0. The zero-order chi connectivity index (χ0) is 33.7. The van der Waals surface area contributed by atoms with Crippen LogP contribution < -0.4 is 0 Å². The fourth-order valence-corrected chi connectivity index (χ4v) is 6.98. The van der Waals surface area contributed by atoms with E-state index in [0.717, 1.165) is 90.3 Å². The van der Waals surface area contributed by atoms with E-state index in [9.17, 15) is 10.2 Å². The number of aliphatic hydroxyl groups excluding tert-OH is 2. The van der Waals surface area contributed by atoms with Crippen LogP contribution in [0.4, 0.5) is 0 Å². The Morgan fingerprint density at radius 1 is 0.400 bits per heavy atom. The van der Waals surface area contributed by atoms with Crippen molar-refractivity contribution >= 4 is 0 Å². The number of ether oxygens (including phenoxy) is 3. The van der Waals surface area contributed by atoms with Gasteiger partial charge in [0.05, 0.1) is 12.2 Å². The van der Waals surface area contributed by atoms with Crippen molar-refractivity contribution < 1.29 is 24.4 Å². The molecule has 0 aliphatic carbocycles. The molecule has 0 aliphatic heterocycles. The second kappa shape index (κ2) is 31.1. The number of rotatable bonds is 34. The summed E-state index contributed by atoms with van der Waals surface area (Å²) in [6.45, 7) is 19.1. The minimum atomic E-state index is -0.218. The Morgan fingerprint density at radius 3 is 1.11 bits per heavy atom. The molecule has 0 aromatic carbocycles. The van der Waals surface area contributed by atoms with Gasteiger partial charge in [-0.25, -0.2) is 0 Å². The molecule has 45 heavy (non-hydrogen) atoms. The van der Waals surface area contributed by atoms with Crippen molar-refractivity contribution in [2.75, 3.05) is 13.2 Å². The summed E-state index contributed by atoms with van der Waals surface area (Å²) in [6.07, 6.45) is 24.7. The second-order valence-corrected chi connectivity index (χ2v) is 15.2. The van der Waals surface area contributed by atoms with Crippen LogP contribution in [0.15, 0.2) is 0 Å². The normalized spacial score (nSPS) is 17.5. The van der Waals surface area contributed by atoms with Crippen molar-refractivity contribution in [1.82, 2.24) is 0 Å². The van der Waals surface area contributed by atoms with Gasteiger partial charge in [-0.15, -0.1) is 0 Å². The first-order valence-electron chi connectivity index (χ1n) is 19.8. The average molecular weight is 643 g/mol. The van der Waals surface area contributed by atoms with E-state index >= 15 is 0 Å². The molecule has 5 heteroatoms. The lowest BCUT2D eigenvalue weighted by atomic mass is 9.90. The van der Waals surface area contributed by atoms with E-state index in [-0.39, 0.29) is 24.8 Å². The maximum absolute atomic E-state index is 9.76. The average Bonchev–Trinajstić information content (AvgIpc) is 2.94. The summed E-state index contributed by atoms with van der Waals surface area (Å²) >= 11 is 0. The highest BCUT2D eigenvalue weighted by atomic mass is 16.8.